The molecule has 0 spiro atoms. The van der Waals surface area contributed by atoms with Crippen molar-refractivity contribution in [2.24, 2.45) is 0 Å². The van der Waals surface area contributed by atoms with Crippen LogP contribution in [0.1, 0.15) is 43.4 Å². The Hall–Kier alpha value is -7.22. The minimum atomic E-state index is 0. The van der Waals surface area contributed by atoms with Crippen molar-refractivity contribution >= 4 is 51.2 Å². The molecule has 0 amide bonds. The SMILES string of the molecule is Cc1cc(C)c(-c2cc(Oc3[c-]c(-c4[c-]cccn4)ncc3)[c-]c(N3[CH-]N(C(C)C)c4ccccc43)c2)c(C)c1.[Ir].[Pt].[c-]1ccccc1N1[CH-]N(CCCCN2[CH-]N(c3[c-]cccc3)c3ccccc32)c2ccccc21. The third-order valence-electron chi connectivity index (χ3n) is 13.4. The maximum absolute atomic E-state index is 6.42. The number of pyridine rings is 2. The van der Waals surface area contributed by atoms with Gasteiger partial charge in [-0.3, -0.25) is 0 Å². The molecule has 389 valence electrons. The number of para-hydroxylation sites is 8. The second-order valence-corrected chi connectivity index (χ2v) is 18.9. The number of aryl methyl sites for hydroxylation is 3. The molecule has 0 atom stereocenters. The Morgan fingerprint density at radius 1 is 0.500 bits per heavy atom. The van der Waals surface area contributed by atoms with Crippen LogP contribution in [0.15, 0.2) is 176 Å². The number of ether oxygens (including phenoxy) is 1. The van der Waals surface area contributed by atoms with Gasteiger partial charge in [-0.15, -0.1) is 64.3 Å². The van der Waals surface area contributed by atoms with E-state index in [9.17, 15) is 0 Å². The van der Waals surface area contributed by atoms with E-state index in [1.165, 1.54) is 50.7 Å². The number of benzene rings is 7. The molecule has 2 aromatic heterocycles. The van der Waals surface area contributed by atoms with Crippen LogP contribution in [0, 0.1) is 71.1 Å². The summed E-state index contributed by atoms with van der Waals surface area (Å²) in [6.07, 6.45) is 5.62. The Balaban J connectivity index is 0.000000183. The Labute approximate surface area is 477 Å². The van der Waals surface area contributed by atoms with Crippen molar-refractivity contribution in [3.63, 3.8) is 0 Å². The van der Waals surface area contributed by atoms with Gasteiger partial charge < -0.3 is 44.1 Å². The van der Waals surface area contributed by atoms with Crippen LogP contribution in [-0.4, -0.2) is 29.1 Å². The average Bonchev–Trinajstić information content (AvgIpc) is 4.13. The molecule has 11 heteroatoms. The Morgan fingerprint density at radius 3 is 1.55 bits per heavy atom. The second-order valence-electron chi connectivity index (χ2n) is 18.9. The van der Waals surface area contributed by atoms with Crippen LogP contribution in [0.4, 0.5) is 51.2 Å². The zero-order valence-corrected chi connectivity index (χ0v) is 47.7. The van der Waals surface area contributed by atoms with Crippen molar-refractivity contribution in [1.82, 2.24) is 9.97 Å². The predicted octanol–water partition coefficient (Wildman–Crippen LogP) is 15.3. The molecule has 0 unspecified atom stereocenters. The molecule has 0 aliphatic carbocycles. The fraction of sp³-hybridized carbons (Fsp3) is 0.154. The van der Waals surface area contributed by atoms with Gasteiger partial charge in [0.25, 0.3) is 0 Å². The summed E-state index contributed by atoms with van der Waals surface area (Å²) in [4.78, 5) is 22.4. The Bertz CT molecular complexity index is 3260. The maximum Gasteiger partial charge on any atom is 0.0326 e. The van der Waals surface area contributed by atoms with E-state index in [0.717, 1.165) is 54.2 Å². The summed E-state index contributed by atoms with van der Waals surface area (Å²) in [6, 6.07) is 73.0. The van der Waals surface area contributed by atoms with Crippen LogP contribution in [0.5, 0.6) is 11.5 Å². The third-order valence-corrected chi connectivity index (χ3v) is 13.4. The smallest absolute Gasteiger partial charge is 0.0326 e. The molecule has 3 aliphatic heterocycles. The molecule has 7 aromatic carbocycles. The average molecular weight is 1350 g/mol. The van der Waals surface area contributed by atoms with Gasteiger partial charge in [0.15, 0.2) is 0 Å². The van der Waals surface area contributed by atoms with E-state index in [1.807, 2.05) is 36.4 Å². The first-order valence-corrected chi connectivity index (χ1v) is 25.3. The van der Waals surface area contributed by atoms with E-state index >= 15 is 0 Å². The fourth-order valence-electron chi connectivity index (χ4n) is 10.1. The minimum absolute atomic E-state index is 0. The van der Waals surface area contributed by atoms with Crippen molar-refractivity contribution in [1.29, 1.82) is 0 Å². The molecule has 1 radical (unpaired) electrons. The quantitative estimate of drug-likeness (QED) is 0.0830. The normalized spacial score (nSPS) is 13.1. The van der Waals surface area contributed by atoms with Crippen LogP contribution >= 0.6 is 0 Å². The molecule has 0 bridgehead atoms. The standard InChI is InChI=1S/C35H30N4O.C30H26N4.Ir.Pt/c1-23(2)38-22-39(34-12-7-6-11-33(34)38)28-18-27(35-25(4)16-24(3)17-26(35)5)19-30(20-28)40-29-13-15-37-32(21-29)31-10-8-9-14-36-31;1-3-13-25(14-4-1)33-23-31(27-17-7-9-19-29(27)33)21-11-12-22-32-24-34(26-15-5-2-6-16-26)30-20-10-8-18-28(30)32;;/h6-9,11-19,22-23H,1-5H3;1-10,13,15,17-20,23-24H,11-12,21-22H2;;/q2*-4;;. The molecule has 9 nitrogen and oxygen atoms in total. The monoisotopic (exact) mass is 1350 g/mol. The van der Waals surface area contributed by atoms with Gasteiger partial charge in [0.05, 0.1) is 0 Å². The van der Waals surface area contributed by atoms with Crippen molar-refractivity contribution in [2.45, 2.75) is 53.5 Å². The minimum Gasteiger partial charge on any atom is -0.510 e. The van der Waals surface area contributed by atoms with Gasteiger partial charge in [0.2, 0.25) is 0 Å². The molecular formula is C65H56IrN8OPt-8. The molecular weight excluding hydrogens is 1300 g/mol. The summed E-state index contributed by atoms with van der Waals surface area (Å²) < 4.78 is 6.42. The van der Waals surface area contributed by atoms with Crippen LogP contribution < -0.4 is 34.1 Å². The molecule has 0 saturated carbocycles. The van der Waals surface area contributed by atoms with Gasteiger partial charge in [-0.05, 0) is 132 Å². The molecule has 76 heavy (non-hydrogen) atoms. The fourth-order valence-corrected chi connectivity index (χ4v) is 10.1. The van der Waals surface area contributed by atoms with E-state index < -0.39 is 0 Å². The Kier molecular flexibility index (Phi) is 17.1. The summed E-state index contributed by atoms with van der Waals surface area (Å²) in [6.45, 7) is 19.4. The molecule has 5 heterocycles. The first kappa shape index (κ1) is 53.6. The second kappa shape index (κ2) is 24.2. The molecule has 0 fully saturated rings. The molecule has 0 saturated heterocycles. The maximum atomic E-state index is 6.42. The van der Waals surface area contributed by atoms with Crippen LogP contribution in [0.2, 0.25) is 0 Å². The van der Waals surface area contributed by atoms with Crippen molar-refractivity contribution in [3.8, 4) is 34.0 Å². The van der Waals surface area contributed by atoms with Crippen LogP contribution in [-0.2, 0) is 41.2 Å². The molecule has 0 N–H and O–H groups in total. The van der Waals surface area contributed by atoms with E-state index in [1.54, 1.807) is 18.5 Å². The summed E-state index contributed by atoms with van der Waals surface area (Å²) in [7, 11) is 0. The topological polar surface area (TPSA) is 54.5 Å². The summed E-state index contributed by atoms with van der Waals surface area (Å²) in [5.41, 5.74) is 17.4. The van der Waals surface area contributed by atoms with Gasteiger partial charge in [-0.25, -0.2) is 6.07 Å². The van der Waals surface area contributed by atoms with E-state index in [0.29, 0.717) is 28.9 Å². The van der Waals surface area contributed by atoms with Crippen molar-refractivity contribution < 1.29 is 45.9 Å². The zero-order chi connectivity index (χ0) is 50.5. The van der Waals surface area contributed by atoms with Gasteiger partial charge in [0.1, 0.15) is 0 Å². The van der Waals surface area contributed by atoms with Gasteiger partial charge in [-0.2, -0.15) is 92.8 Å². The number of fused-ring (bicyclic) bond motifs is 3. The Morgan fingerprint density at radius 2 is 1.01 bits per heavy atom. The first-order chi connectivity index (χ1) is 36.3. The number of rotatable bonds is 13. The first-order valence-electron chi connectivity index (χ1n) is 25.3. The summed E-state index contributed by atoms with van der Waals surface area (Å²) in [5, 5.41) is 0. The molecule has 12 rings (SSSR count). The summed E-state index contributed by atoms with van der Waals surface area (Å²) in [5.74, 6) is 1.13. The number of anilines is 9. The van der Waals surface area contributed by atoms with Crippen LogP contribution in [0.25, 0.3) is 22.5 Å². The number of hydrogen-bond donors (Lipinski definition) is 0. The van der Waals surface area contributed by atoms with Gasteiger partial charge in [-0.1, -0.05) is 54.1 Å². The van der Waals surface area contributed by atoms with Gasteiger partial charge in [0, 0.05) is 86.8 Å². The summed E-state index contributed by atoms with van der Waals surface area (Å²) >= 11 is 0. The number of aromatic nitrogens is 2. The van der Waals surface area contributed by atoms with Crippen molar-refractivity contribution in [2.75, 3.05) is 42.5 Å². The molecule has 3 aliphatic rings. The third kappa shape index (κ3) is 11.5. The van der Waals surface area contributed by atoms with E-state index in [4.69, 9.17) is 4.74 Å². The van der Waals surface area contributed by atoms with Crippen molar-refractivity contribution in [3.05, 3.63) is 243 Å². The predicted molar refractivity (Wildman–Crippen MR) is 301 cm³/mol. The van der Waals surface area contributed by atoms with Gasteiger partial charge >= 0.3 is 0 Å². The van der Waals surface area contributed by atoms with E-state index in [2.05, 4.69) is 246 Å². The van der Waals surface area contributed by atoms with E-state index in [-0.39, 0.29) is 41.2 Å². The number of unbranched alkanes of at least 4 members (excludes halogenated alkanes) is 1. The molecule has 9 aromatic rings. The largest absolute Gasteiger partial charge is 0.510 e. The zero-order valence-electron chi connectivity index (χ0n) is 43.0. The van der Waals surface area contributed by atoms with Crippen LogP contribution in [0.3, 0.4) is 0 Å². The number of nitrogens with zero attached hydrogens (tertiary/aromatic N) is 8. The number of hydrogen-bond acceptors (Lipinski definition) is 9.